The van der Waals surface area contributed by atoms with Gasteiger partial charge in [0, 0.05) is 62.7 Å². The van der Waals surface area contributed by atoms with E-state index in [1.54, 1.807) is 14.2 Å². The van der Waals surface area contributed by atoms with Gasteiger partial charge in [-0.15, -0.1) is 0 Å². The molecule has 0 unspecified atom stereocenters. The third kappa shape index (κ3) is 9.45. The van der Waals surface area contributed by atoms with E-state index in [2.05, 4.69) is 33.6 Å². The number of methoxy groups -OCH3 is 1. The predicted octanol–water partition coefficient (Wildman–Crippen LogP) is 6.44. The van der Waals surface area contributed by atoms with Gasteiger partial charge in [0.05, 0.1) is 11.6 Å². The van der Waals surface area contributed by atoms with Crippen LogP contribution in [0.4, 0.5) is 5.69 Å². The maximum absolute atomic E-state index is 8.85. The highest BCUT2D eigenvalue weighted by Crippen LogP contribution is 2.25. The molecular formula is C27H31Cl2N3O. The highest BCUT2D eigenvalue weighted by atomic mass is 35.5. The van der Waals surface area contributed by atoms with Crippen molar-refractivity contribution in [2.24, 2.45) is 0 Å². The lowest BCUT2D eigenvalue weighted by Gasteiger charge is -2.36. The van der Waals surface area contributed by atoms with E-state index >= 15 is 0 Å². The van der Waals surface area contributed by atoms with Crippen molar-refractivity contribution in [2.75, 3.05) is 45.3 Å². The van der Waals surface area contributed by atoms with E-state index in [1.807, 2.05) is 66.7 Å². The van der Waals surface area contributed by atoms with Gasteiger partial charge in [-0.1, -0.05) is 53.5 Å². The molecule has 3 aromatic rings. The van der Waals surface area contributed by atoms with E-state index in [4.69, 9.17) is 28.5 Å². The van der Waals surface area contributed by atoms with Crippen LogP contribution in [0.3, 0.4) is 0 Å². The Morgan fingerprint density at radius 2 is 1.45 bits per heavy atom. The molecule has 0 bridgehead atoms. The molecule has 0 atom stereocenters. The van der Waals surface area contributed by atoms with E-state index < -0.39 is 0 Å². The number of hydrogen-bond donors (Lipinski definition) is 0. The standard InChI is InChI=1S/C19H20ClN3.C6H5Cl.C2H6O/c1-15-12-18(20)6-7-19(15)23-10-8-22(9-11-23)14-17-4-2-16(13-21)3-5-17;7-6-4-2-1-3-5-6;1-3-2/h2-7,12H,8-11,14H2,1H3;1-5H;1-2H3. The molecule has 0 N–H and O–H groups in total. The molecule has 4 rings (SSSR count). The predicted molar refractivity (Wildman–Crippen MR) is 139 cm³/mol. The summed E-state index contributed by atoms with van der Waals surface area (Å²) in [6.45, 7) is 7.20. The molecule has 33 heavy (non-hydrogen) atoms. The zero-order chi connectivity index (χ0) is 24.1. The summed E-state index contributed by atoms with van der Waals surface area (Å²) in [5.41, 5.74) is 4.50. The molecule has 1 saturated heterocycles. The maximum atomic E-state index is 8.85. The van der Waals surface area contributed by atoms with E-state index in [9.17, 15) is 0 Å². The van der Waals surface area contributed by atoms with E-state index in [-0.39, 0.29) is 0 Å². The van der Waals surface area contributed by atoms with Crippen LogP contribution in [-0.2, 0) is 11.3 Å². The average molecular weight is 484 g/mol. The van der Waals surface area contributed by atoms with Gasteiger partial charge in [-0.2, -0.15) is 5.26 Å². The van der Waals surface area contributed by atoms with Crippen molar-refractivity contribution in [2.45, 2.75) is 13.5 Å². The Morgan fingerprint density at radius 1 is 0.848 bits per heavy atom. The van der Waals surface area contributed by atoms with Crippen molar-refractivity contribution in [1.82, 2.24) is 4.90 Å². The first-order valence-corrected chi connectivity index (χ1v) is 11.6. The summed E-state index contributed by atoms with van der Waals surface area (Å²) in [6, 6.07) is 25.6. The third-order valence-electron chi connectivity index (χ3n) is 5.09. The molecule has 1 heterocycles. The van der Waals surface area contributed by atoms with Crippen LogP contribution in [0, 0.1) is 18.3 Å². The molecule has 4 nitrogen and oxygen atoms in total. The lowest BCUT2D eigenvalue weighted by atomic mass is 10.1. The van der Waals surface area contributed by atoms with Crippen LogP contribution in [0.5, 0.6) is 0 Å². The largest absolute Gasteiger partial charge is 0.388 e. The van der Waals surface area contributed by atoms with Crippen LogP contribution in [0.15, 0.2) is 72.8 Å². The van der Waals surface area contributed by atoms with Gasteiger partial charge in [0.25, 0.3) is 0 Å². The van der Waals surface area contributed by atoms with Gasteiger partial charge in [0.15, 0.2) is 0 Å². The number of nitrogens with zero attached hydrogens (tertiary/aromatic N) is 3. The Bertz CT molecular complexity index is 996. The minimum Gasteiger partial charge on any atom is -0.388 e. The zero-order valence-corrected chi connectivity index (χ0v) is 21.0. The number of ether oxygens (including phenoxy) is 1. The normalized spacial score (nSPS) is 13.2. The second kappa shape index (κ2) is 14.6. The van der Waals surface area contributed by atoms with Crippen molar-refractivity contribution >= 4 is 28.9 Å². The topological polar surface area (TPSA) is 39.5 Å². The van der Waals surface area contributed by atoms with Crippen molar-refractivity contribution in [3.8, 4) is 6.07 Å². The molecule has 0 aliphatic carbocycles. The van der Waals surface area contributed by atoms with Crippen molar-refractivity contribution < 1.29 is 4.74 Å². The number of rotatable bonds is 3. The Morgan fingerprint density at radius 3 is 1.94 bits per heavy atom. The number of anilines is 1. The van der Waals surface area contributed by atoms with Gasteiger partial charge in [-0.05, 0) is 60.5 Å². The van der Waals surface area contributed by atoms with Crippen LogP contribution >= 0.6 is 23.2 Å². The minimum atomic E-state index is 0.719. The number of nitriles is 1. The molecule has 0 radical (unpaired) electrons. The third-order valence-corrected chi connectivity index (χ3v) is 5.58. The molecule has 6 heteroatoms. The number of benzene rings is 3. The smallest absolute Gasteiger partial charge is 0.0991 e. The molecule has 1 aliphatic rings. The zero-order valence-electron chi connectivity index (χ0n) is 19.5. The summed E-state index contributed by atoms with van der Waals surface area (Å²) in [5, 5.41) is 10.4. The molecule has 3 aromatic carbocycles. The summed E-state index contributed by atoms with van der Waals surface area (Å²) in [5.74, 6) is 0. The molecule has 0 amide bonds. The quantitative estimate of drug-likeness (QED) is 0.429. The summed E-state index contributed by atoms with van der Waals surface area (Å²) in [6.07, 6.45) is 0. The molecule has 0 spiro atoms. The molecule has 1 aliphatic heterocycles. The van der Waals surface area contributed by atoms with Gasteiger partial charge in [0.2, 0.25) is 0 Å². The second-order valence-corrected chi connectivity index (χ2v) is 8.58. The van der Waals surface area contributed by atoms with Gasteiger partial charge in [-0.25, -0.2) is 0 Å². The van der Waals surface area contributed by atoms with Crippen molar-refractivity contribution in [1.29, 1.82) is 5.26 Å². The van der Waals surface area contributed by atoms with Gasteiger partial charge in [0.1, 0.15) is 0 Å². The van der Waals surface area contributed by atoms with E-state index in [1.165, 1.54) is 16.8 Å². The Kier molecular flexibility index (Phi) is 11.8. The van der Waals surface area contributed by atoms with E-state index in [0.717, 1.165) is 48.3 Å². The van der Waals surface area contributed by atoms with Crippen LogP contribution in [0.1, 0.15) is 16.7 Å². The van der Waals surface area contributed by atoms with E-state index in [0.29, 0.717) is 0 Å². The SMILES string of the molecule is COC.Cc1cc(Cl)ccc1N1CCN(Cc2ccc(C#N)cc2)CC1.Clc1ccccc1. The minimum absolute atomic E-state index is 0.719. The molecule has 174 valence electrons. The number of piperazine rings is 1. The summed E-state index contributed by atoms with van der Waals surface area (Å²) >= 11 is 11.6. The Balaban J connectivity index is 0.000000321. The lowest BCUT2D eigenvalue weighted by molar-refractivity contribution is 0.250. The van der Waals surface area contributed by atoms with Crippen LogP contribution in [0.2, 0.25) is 10.0 Å². The molecule has 0 aromatic heterocycles. The molecule has 0 saturated carbocycles. The maximum Gasteiger partial charge on any atom is 0.0991 e. The summed E-state index contributed by atoms with van der Waals surface area (Å²) in [7, 11) is 3.25. The molecule has 1 fully saturated rings. The van der Waals surface area contributed by atoms with Crippen LogP contribution < -0.4 is 4.90 Å². The highest BCUT2D eigenvalue weighted by Gasteiger charge is 2.18. The van der Waals surface area contributed by atoms with Gasteiger partial charge in [-0.3, -0.25) is 4.90 Å². The fourth-order valence-electron chi connectivity index (χ4n) is 3.48. The first kappa shape index (κ1) is 26.7. The fraction of sp³-hybridized carbons (Fsp3) is 0.296. The number of aryl methyl sites for hydroxylation is 1. The summed E-state index contributed by atoms with van der Waals surface area (Å²) < 4.78 is 4.25. The highest BCUT2D eigenvalue weighted by molar-refractivity contribution is 6.30. The van der Waals surface area contributed by atoms with Crippen LogP contribution in [0.25, 0.3) is 0 Å². The number of halogens is 2. The van der Waals surface area contributed by atoms with Gasteiger partial charge < -0.3 is 9.64 Å². The van der Waals surface area contributed by atoms with Crippen molar-refractivity contribution in [3.05, 3.63) is 99.5 Å². The van der Waals surface area contributed by atoms with Crippen molar-refractivity contribution in [3.63, 3.8) is 0 Å². The summed E-state index contributed by atoms with van der Waals surface area (Å²) in [4.78, 5) is 4.89. The molecular weight excluding hydrogens is 453 g/mol. The average Bonchev–Trinajstić information content (AvgIpc) is 2.82. The Hall–Kier alpha value is -2.55. The van der Waals surface area contributed by atoms with Gasteiger partial charge >= 0.3 is 0 Å². The fourth-order valence-corrected chi connectivity index (χ4v) is 3.85. The monoisotopic (exact) mass is 483 g/mol. The first-order chi connectivity index (χ1) is 16.0. The Labute approximate surface area is 207 Å². The van der Waals surface area contributed by atoms with Crippen LogP contribution in [-0.4, -0.2) is 45.3 Å². The second-order valence-electron chi connectivity index (χ2n) is 7.71. The first-order valence-electron chi connectivity index (χ1n) is 10.8. The lowest BCUT2D eigenvalue weighted by Crippen LogP contribution is -2.46. The number of hydrogen-bond acceptors (Lipinski definition) is 4.